The van der Waals surface area contributed by atoms with Gasteiger partial charge in [-0.3, -0.25) is 19.2 Å². The van der Waals surface area contributed by atoms with E-state index in [0.717, 1.165) is 27.7 Å². The second kappa shape index (κ2) is 13.4. The zero-order valence-corrected chi connectivity index (χ0v) is 15.3. The Kier molecular flexibility index (Phi) is 15.7. The summed E-state index contributed by atoms with van der Waals surface area (Å²) in [6.07, 6.45) is 0. The van der Waals surface area contributed by atoms with Crippen LogP contribution in [0, 0.1) is 0 Å². The Balaban J connectivity index is -0.00000180. The molecule has 0 saturated carbocycles. The fraction of sp³-hybridized carbons (Fsp3) is 0.600. The molecule has 0 bridgehead atoms. The van der Waals surface area contributed by atoms with Crippen LogP contribution in [-0.4, -0.2) is 47.4 Å². The van der Waals surface area contributed by atoms with Crippen LogP contribution >= 0.6 is 0 Å². The zero-order chi connectivity index (χ0) is 15.7. The van der Waals surface area contributed by atoms with Gasteiger partial charge in [0.05, 0.1) is 13.1 Å². The molecule has 0 aromatic heterocycles. The van der Waals surface area contributed by atoms with Gasteiger partial charge in [-0.25, -0.2) is 0 Å². The van der Waals surface area contributed by atoms with Gasteiger partial charge in [-0.2, -0.15) is 0 Å². The number of nitrogens with zero attached hydrogens (tertiary/aromatic N) is 2. The van der Waals surface area contributed by atoms with Crippen molar-refractivity contribution < 1.29 is 68.1 Å². The molecule has 0 heterocycles. The van der Waals surface area contributed by atoms with Crippen LogP contribution in [-0.2, 0) is 38.5 Å². The number of carbonyl (C=O) groups excluding carboxylic acids is 4. The van der Waals surface area contributed by atoms with Crippen molar-refractivity contribution >= 4 is 23.9 Å². The third kappa shape index (κ3) is 15.2. The summed E-state index contributed by atoms with van der Waals surface area (Å²) in [7, 11) is 0. The molecule has 3 N–H and O–H groups in total. The molecule has 0 aliphatic heterocycles. The Morgan fingerprint density at radius 1 is 0.636 bits per heavy atom. The molecule has 0 unspecified atom stereocenters. The van der Waals surface area contributed by atoms with Gasteiger partial charge in [0, 0.05) is 38.1 Å². The van der Waals surface area contributed by atoms with E-state index < -0.39 is 23.9 Å². The van der Waals surface area contributed by atoms with Gasteiger partial charge in [0.2, 0.25) is 0 Å². The summed E-state index contributed by atoms with van der Waals surface area (Å²) in [5.74, 6) is -2.90. The molecule has 11 nitrogen and oxygen atoms in total. The Morgan fingerprint density at radius 2 is 0.818 bits per heavy atom. The molecule has 0 spiro atoms. The van der Waals surface area contributed by atoms with Crippen LogP contribution in [0.5, 0.6) is 0 Å². The first-order valence-electron chi connectivity index (χ1n) is 5.50. The molecule has 0 radical (unpaired) electrons. The van der Waals surface area contributed by atoms with Crippen molar-refractivity contribution in [1.29, 1.82) is 0 Å². The molecule has 0 saturated heterocycles. The first-order chi connectivity index (χ1) is 9.20. The minimum atomic E-state index is -0.724. The molecule has 12 heteroatoms. The maximum atomic E-state index is 10.8. The predicted octanol–water partition coefficient (Wildman–Crippen LogP) is -3.33. The molecule has 122 valence electrons. The molecule has 0 aromatic rings. The average Bonchev–Trinajstić information content (AvgIpc) is 2.22. The van der Waals surface area contributed by atoms with Crippen molar-refractivity contribution in [3.8, 4) is 0 Å². The van der Waals surface area contributed by atoms with Gasteiger partial charge in [-0.05, 0) is 0 Å². The second-order valence-electron chi connectivity index (χ2n) is 3.44. The largest absolute Gasteiger partial charge is 1.00 e. The number of hydroxylamine groups is 4. The van der Waals surface area contributed by atoms with E-state index in [-0.39, 0.29) is 48.8 Å². The van der Waals surface area contributed by atoms with Gasteiger partial charge in [0.1, 0.15) is 0 Å². The number of rotatable bonds is 7. The third-order valence-electron chi connectivity index (χ3n) is 1.39. The maximum Gasteiger partial charge on any atom is 1.00 e. The smallest absolute Gasteiger partial charge is 0.344 e. The van der Waals surface area contributed by atoms with Gasteiger partial charge in [0.25, 0.3) is 0 Å². The molecule has 0 amide bonds. The first kappa shape index (κ1) is 25.7. The minimum absolute atomic E-state index is 0. The van der Waals surface area contributed by atoms with Crippen LogP contribution in [0.25, 0.3) is 0 Å². The van der Waals surface area contributed by atoms with Crippen molar-refractivity contribution in [2.24, 2.45) is 0 Å². The number of hydrogen-bond acceptors (Lipinski definition) is 11. The van der Waals surface area contributed by atoms with Crippen molar-refractivity contribution in [3.63, 3.8) is 0 Å². The van der Waals surface area contributed by atoms with Gasteiger partial charge >= 0.3 is 53.4 Å². The van der Waals surface area contributed by atoms with Crippen LogP contribution < -0.4 is 35.7 Å². The molecule has 0 atom stereocenters. The van der Waals surface area contributed by atoms with Gasteiger partial charge in [-0.15, -0.1) is 0 Å². The second-order valence-corrected chi connectivity index (χ2v) is 3.44. The van der Waals surface area contributed by atoms with E-state index in [1.165, 1.54) is 0 Å². The summed E-state index contributed by atoms with van der Waals surface area (Å²) in [4.78, 5) is 61.4. The third-order valence-corrected chi connectivity index (χ3v) is 1.39. The van der Waals surface area contributed by atoms with E-state index in [1.54, 1.807) is 0 Å². The van der Waals surface area contributed by atoms with Crippen LogP contribution in [0.2, 0.25) is 0 Å². The van der Waals surface area contributed by atoms with E-state index in [4.69, 9.17) is 0 Å². The minimum Gasteiger partial charge on any atom is -0.344 e. The summed E-state index contributed by atoms with van der Waals surface area (Å²) >= 11 is 0. The van der Waals surface area contributed by atoms with Gasteiger partial charge in [0.15, 0.2) is 0 Å². The fourth-order valence-corrected chi connectivity index (χ4v) is 0.957. The van der Waals surface area contributed by atoms with E-state index in [0.29, 0.717) is 10.5 Å². The summed E-state index contributed by atoms with van der Waals surface area (Å²) in [6.45, 7) is 3.97. The normalized spacial score (nSPS) is 9.18. The molecule has 22 heavy (non-hydrogen) atoms. The topological polar surface area (TPSA) is 147 Å². The Labute approximate surface area is 149 Å². The average molecular weight is 332 g/mol. The van der Waals surface area contributed by atoms with Crippen LogP contribution in [0.4, 0.5) is 0 Å². The van der Waals surface area contributed by atoms with Crippen LogP contribution in [0.1, 0.15) is 27.7 Å². The molecule has 0 aromatic carbocycles. The quantitative estimate of drug-likeness (QED) is 0.369. The molecule has 0 rings (SSSR count). The van der Waals surface area contributed by atoms with E-state index in [9.17, 15) is 19.2 Å². The standard InChI is InChI=1S/C10H16N2O8.H3N.Na/c1-7(13)17-11(18-8(2)14)5-6-12(19-9(3)15)20-10(4)16;;/h5-6H2,1-4H3;1H3;/q;;+1. The SMILES string of the molecule is CC(=O)ON(CCN(OC(C)=O)OC(C)=O)OC(C)=O.N.[Na+]. The first-order valence-corrected chi connectivity index (χ1v) is 5.50. The van der Waals surface area contributed by atoms with E-state index >= 15 is 0 Å². The molecule has 0 aliphatic carbocycles. The van der Waals surface area contributed by atoms with E-state index in [2.05, 4.69) is 19.4 Å². The Morgan fingerprint density at radius 3 is 0.955 bits per heavy atom. The maximum absolute atomic E-state index is 10.8. The summed E-state index contributed by atoms with van der Waals surface area (Å²) in [5.41, 5.74) is 0. The van der Waals surface area contributed by atoms with Gasteiger partial charge < -0.3 is 25.5 Å². The zero-order valence-electron chi connectivity index (χ0n) is 13.3. The van der Waals surface area contributed by atoms with Crippen LogP contribution in [0.15, 0.2) is 0 Å². The summed E-state index contributed by atoms with van der Waals surface area (Å²) in [6, 6.07) is 0. The summed E-state index contributed by atoms with van der Waals surface area (Å²) < 4.78 is 0. The Bertz CT molecular complexity index is 324. The predicted molar refractivity (Wildman–Crippen MR) is 65.5 cm³/mol. The Hall–Kier alpha value is -1.24. The molecule has 0 aliphatic rings. The molecular formula is C10H19N3NaO8+. The van der Waals surface area contributed by atoms with Gasteiger partial charge in [-0.1, -0.05) is 0 Å². The van der Waals surface area contributed by atoms with Crippen molar-refractivity contribution in [2.75, 3.05) is 13.1 Å². The van der Waals surface area contributed by atoms with Crippen LogP contribution in [0.3, 0.4) is 0 Å². The molecular weight excluding hydrogens is 313 g/mol. The fourth-order valence-electron chi connectivity index (χ4n) is 0.957. The van der Waals surface area contributed by atoms with Crippen molar-refractivity contribution in [2.45, 2.75) is 27.7 Å². The van der Waals surface area contributed by atoms with Crippen molar-refractivity contribution in [3.05, 3.63) is 0 Å². The number of carbonyl (C=O) groups is 4. The molecule has 0 fully saturated rings. The number of hydrogen-bond donors (Lipinski definition) is 1. The monoisotopic (exact) mass is 332 g/mol. The van der Waals surface area contributed by atoms with Crippen molar-refractivity contribution in [1.82, 2.24) is 16.6 Å². The summed E-state index contributed by atoms with van der Waals surface area (Å²) in [5, 5.41) is 1.15. The van der Waals surface area contributed by atoms with E-state index in [1.807, 2.05) is 0 Å².